The highest BCUT2D eigenvalue weighted by Gasteiger charge is 2.27. The Morgan fingerprint density at radius 1 is 0.880 bits per heavy atom. The van der Waals surface area contributed by atoms with E-state index < -0.39 is 0 Å². The van der Waals surface area contributed by atoms with E-state index in [2.05, 4.69) is 53.4 Å². The summed E-state index contributed by atoms with van der Waals surface area (Å²) in [4.78, 5) is 12.4. The molecule has 25 heavy (non-hydrogen) atoms. The Balaban J connectivity index is 1.45. The van der Waals surface area contributed by atoms with Crippen molar-refractivity contribution < 1.29 is 0 Å². The second-order valence-electron chi connectivity index (χ2n) is 6.58. The van der Waals surface area contributed by atoms with Crippen LogP contribution in [-0.2, 0) is 6.54 Å². The van der Waals surface area contributed by atoms with Crippen LogP contribution < -0.4 is 0 Å². The van der Waals surface area contributed by atoms with Crippen LogP contribution in [0, 0.1) is 0 Å². The summed E-state index contributed by atoms with van der Waals surface area (Å²) in [6.45, 7) is 2.07. The number of fused-ring (bicyclic) bond motifs is 2. The molecule has 1 aliphatic heterocycles. The van der Waals surface area contributed by atoms with Gasteiger partial charge in [0, 0.05) is 0 Å². The molecular formula is C20H19N3S2. The van der Waals surface area contributed by atoms with Crippen LogP contribution in [0.25, 0.3) is 20.4 Å². The number of para-hydroxylation sites is 2. The zero-order chi connectivity index (χ0) is 16.6. The molecule has 3 nitrogen and oxygen atoms in total. The van der Waals surface area contributed by atoms with E-state index in [0.717, 1.165) is 24.1 Å². The van der Waals surface area contributed by atoms with Gasteiger partial charge in [-0.2, -0.15) is 0 Å². The van der Waals surface area contributed by atoms with Gasteiger partial charge in [0.05, 0.1) is 33.0 Å². The summed E-state index contributed by atoms with van der Waals surface area (Å²) in [6.07, 6.45) is 3.76. The SMILES string of the molecule is c1ccc2sc(CN3CCCC[C@H]3c3nc4ccccc4s3)nc2c1. The molecule has 0 unspecified atom stereocenters. The monoisotopic (exact) mass is 365 g/mol. The van der Waals surface area contributed by atoms with Crippen LogP contribution in [0.4, 0.5) is 0 Å². The van der Waals surface area contributed by atoms with Crippen molar-refractivity contribution in [2.45, 2.75) is 31.8 Å². The Hall–Kier alpha value is -1.82. The molecule has 2 aromatic carbocycles. The van der Waals surface area contributed by atoms with Gasteiger partial charge in [0.2, 0.25) is 0 Å². The normalized spacial score (nSPS) is 19.0. The third kappa shape index (κ3) is 2.97. The first-order valence-corrected chi connectivity index (χ1v) is 10.4. The summed E-state index contributed by atoms with van der Waals surface area (Å²) in [5.74, 6) is 0. The number of thiazole rings is 2. The maximum Gasteiger partial charge on any atom is 0.111 e. The van der Waals surface area contributed by atoms with Crippen LogP contribution in [0.15, 0.2) is 48.5 Å². The number of aromatic nitrogens is 2. The smallest absolute Gasteiger partial charge is 0.111 e. The summed E-state index contributed by atoms with van der Waals surface area (Å²) >= 11 is 3.68. The lowest BCUT2D eigenvalue weighted by atomic mass is 10.0. The fourth-order valence-corrected chi connectivity index (χ4v) is 5.78. The van der Waals surface area contributed by atoms with Crippen LogP contribution in [0.2, 0.25) is 0 Å². The quantitative estimate of drug-likeness (QED) is 0.471. The van der Waals surface area contributed by atoms with Crippen molar-refractivity contribution in [1.29, 1.82) is 0 Å². The number of hydrogen-bond acceptors (Lipinski definition) is 5. The average molecular weight is 366 g/mol. The molecule has 1 fully saturated rings. The molecule has 0 amide bonds. The van der Waals surface area contributed by atoms with Gasteiger partial charge in [-0.1, -0.05) is 30.7 Å². The molecule has 1 saturated heterocycles. The van der Waals surface area contributed by atoms with Gasteiger partial charge < -0.3 is 0 Å². The van der Waals surface area contributed by atoms with E-state index in [9.17, 15) is 0 Å². The van der Waals surface area contributed by atoms with Crippen LogP contribution in [0.5, 0.6) is 0 Å². The van der Waals surface area contributed by atoms with Crippen molar-refractivity contribution in [2.75, 3.05) is 6.54 Å². The summed E-state index contributed by atoms with van der Waals surface area (Å²) in [6, 6.07) is 17.3. The van der Waals surface area contributed by atoms with Crippen molar-refractivity contribution >= 4 is 43.1 Å². The van der Waals surface area contributed by atoms with Gasteiger partial charge in [-0.05, 0) is 43.7 Å². The summed E-state index contributed by atoms with van der Waals surface area (Å²) < 4.78 is 2.58. The van der Waals surface area contributed by atoms with Gasteiger partial charge in [0.1, 0.15) is 10.0 Å². The van der Waals surface area contributed by atoms with Crippen molar-refractivity contribution in [3.05, 3.63) is 58.5 Å². The Morgan fingerprint density at radius 2 is 1.60 bits per heavy atom. The molecule has 0 radical (unpaired) electrons. The average Bonchev–Trinajstić information content (AvgIpc) is 3.25. The zero-order valence-electron chi connectivity index (χ0n) is 13.9. The van der Waals surface area contributed by atoms with Crippen molar-refractivity contribution in [3.63, 3.8) is 0 Å². The molecule has 5 rings (SSSR count). The summed E-state index contributed by atoms with van der Waals surface area (Å²) in [5.41, 5.74) is 2.25. The van der Waals surface area contributed by atoms with Crippen molar-refractivity contribution in [3.8, 4) is 0 Å². The van der Waals surface area contributed by atoms with Gasteiger partial charge in [-0.15, -0.1) is 22.7 Å². The minimum atomic E-state index is 0.429. The molecule has 1 aliphatic rings. The lowest BCUT2D eigenvalue weighted by Gasteiger charge is -2.33. The maximum atomic E-state index is 4.93. The van der Waals surface area contributed by atoms with Crippen molar-refractivity contribution in [1.82, 2.24) is 14.9 Å². The van der Waals surface area contributed by atoms with Gasteiger partial charge >= 0.3 is 0 Å². The third-order valence-corrected chi connectivity index (χ3v) is 7.04. The van der Waals surface area contributed by atoms with Crippen LogP contribution in [0.1, 0.15) is 35.3 Å². The van der Waals surface area contributed by atoms with Gasteiger partial charge in [-0.25, -0.2) is 9.97 Å². The van der Waals surface area contributed by atoms with E-state index >= 15 is 0 Å². The minimum absolute atomic E-state index is 0.429. The summed E-state index contributed by atoms with van der Waals surface area (Å²) in [7, 11) is 0. The predicted molar refractivity (Wildman–Crippen MR) is 106 cm³/mol. The van der Waals surface area contributed by atoms with Crippen LogP contribution >= 0.6 is 22.7 Å². The number of likely N-dealkylation sites (tertiary alicyclic amines) is 1. The van der Waals surface area contributed by atoms with E-state index in [1.54, 1.807) is 0 Å². The number of piperidine rings is 1. The molecule has 126 valence electrons. The first-order chi connectivity index (χ1) is 12.4. The Labute approximate surface area is 155 Å². The molecule has 4 aromatic rings. The molecule has 0 aliphatic carbocycles. The van der Waals surface area contributed by atoms with Crippen molar-refractivity contribution in [2.24, 2.45) is 0 Å². The fourth-order valence-electron chi connectivity index (χ4n) is 3.65. The standard InChI is InChI=1S/C20H19N3S2/c1-3-10-17-14(7-1)21-19(24-17)13-23-12-6-5-9-16(23)20-22-15-8-2-4-11-18(15)25-20/h1-4,7-8,10-11,16H,5-6,9,12-13H2/t16-/m0/s1. The zero-order valence-corrected chi connectivity index (χ0v) is 15.5. The lowest BCUT2D eigenvalue weighted by molar-refractivity contribution is 0.140. The first kappa shape index (κ1) is 15.4. The first-order valence-electron chi connectivity index (χ1n) is 8.81. The Bertz CT molecular complexity index is 954. The molecule has 5 heteroatoms. The number of benzene rings is 2. The summed E-state index contributed by atoms with van der Waals surface area (Å²) in [5, 5.41) is 2.48. The number of hydrogen-bond donors (Lipinski definition) is 0. The van der Waals surface area contributed by atoms with Crippen LogP contribution in [0.3, 0.4) is 0 Å². The van der Waals surface area contributed by atoms with E-state index in [-0.39, 0.29) is 0 Å². The van der Waals surface area contributed by atoms with E-state index in [0.29, 0.717) is 6.04 Å². The Morgan fingerprint density at radius 3 is 2.36 bits per heavy atom. The number of rotatable bonds is 3. The largest absolute Gasteiger partial charge is 0.287 e. The van der Waals surface area contributed by atoms with E-state index in [1.165, 1.54) is 38.7 Å². The second-order valence-corrected chi connectivity index (χ2v) is 8.75. The molecule has 1 atom stereocenters. The highest BCUT2D eigenvalue weighted by atomic mass is 32.1. The maximum absolute atomic E-state index is 4.93. The molecule has 0 spiro atoms. The van der Waals surface area contributed by atoms with E-state index in [4.69, 9.17) is 9.97 Å². The highest BCUT2D eigenvalue weighted by Crippen LogP contribution is 2.37. The molecule has 3 heterocycles. The molecule has 0 saturated carbocycles. The van der Waals surface area contributed by atoms with Crippen LogP contribution in [-0.4, -0.2) is 21.4 Å². The minimum Gasteiger partial charge on any atom is -0.287 e. The lowest BCUT2D eigenvalue weighted by Crippen LogP contribution is -2.32. The fraction of sp³-hybridized carbons (Fsp3) is 0.300. The highest BCUT2D eigenvalue weighted by molar-refractivity contribution is 7.19. The second kappa shape index (κ2) is 6.48. The van der Waals surface area contributed by atoms with E-state index in [1.807, 2.05) is 22.7 Å². The third-order valence-electron chi connectivity index (χ3n) is 4.89. The molecule has 0 N–H and O–H groups in total. The number of nitrogens with zero attached hydrogens (tertiary/aromatic N) is 3. The van der Waals surface area contributed by atoms with Gasteiger partial charge in [0.25, 0.3) is 0 Å². The molecule has 0 bridgehead atoms. The predicted octanol–water partition coefficient (Wildman–Crippen LogP) is 5.63. The topological polar surface area (TPSA) is 29.0 Å². The molecular weight excluding hydrogens is 346 g/mol. The molecule has 2 aromatic heterocycles. The Kier molecular flexibility index (Phi) is 4.00. The van der Waals surface area contributed by atoms with Gasteiger partial charge in [-0.3, -0.25) is 4.90 Å². The van der Waals surface area contributed by atoms with Gasteiger partial charge in [0.15, 0.2) is 0 Å².